The molecule has 0 fully saturated rings. The Balaban J connectivity index is 1.78. The lowest BCUT2D eigenvalue weighted by Crippen LogP contribution is -2.28. The summed E-state index contributed by atoms with van der Waals surface area (Å²) < 4.78 is 70.4. The summed E-state index contributed by atoms with van der Waals surface area (Å²) >= 11 is 7.00. The summed E-state index contributed by atoms with van der Waals surface area (Å²) in [6.45, 7) is 0. The SMILES string of the molecule is NC1NC(c2cccc(NS(=O)(=O)c3c(F)cccc3F)c2F)=C(c2ccnc(Cl)n2)S1. The van der Waals surface area contributed by atoms with Crippen molar-refractivity contribution in [2.24, 2.45) is 5.73 Å². The van der Waals surface area contributed by atoms with Crippen LogP contribution in [0.1, 0.15) is 11.3 Å². The Labute approximate surface area is 190 Å². The fraction of sp³-hybridized carbons (Fsp3) is 0.0526. The van der Waals surface area contributed by atoms with Gasteiger partial charge in [-0.3, -0.25) is 4.72 Å². The number of benzene rings is 2. The average Bonchev–Trinajstić information content (AvgIpc) is 3.10. The standard InChI is InChI=1S/C19H13ClF3N5O2S2/c20-18-25-8-7-13(26-18)16-15(27-19(24)31-16)9-3-1-6-12(14(9)23)28-32(29,30)17-10(21)4-2-5-11(17)22/h1-8,19,27-28H,24H2. The number of aromatic nitrogens is 2. The summed E-state index contributed by atoms with van der Waals surface area (Å²) in [5, 5.41) is 2.87. The summed E-state index contributed by atoms with van der Waals surface area (Å²) in [4.78, 5) is 7.15. The molecule has 7 nitrogen and oxygen atoms in total. The van der Waals surface area contributed by atoms with Crippen molar-refractivity contribution < 1.29 is 21.6 Å². The van der Waals surface area contributed by atoms with Gasteiger partial charge in [-0.15, -0.1) is 0 Å². The zero-order valence-corrected chi connectivity index (χ0v) is 18.2. The van der Waals surface area contributed by atoms with Crippen LogP contribution < -0.4 is 15.8 Å². The van der Waals surface area contributed by atoms with Crippen molar-refractivity contribution in [2.45, 2.75) is 10.4 Å². The molecule has 4 rings (SSSR count). The van der Waals surface area contributed by atoms with Crippen LogP contribution in [-0.2, 0) is 10.0 Å². The van der Waals surface area contributed by atoms with Gasteiger partial charge in [0, 0.05) is 11.8 Å². The molecule has 0 radical (unpaired) electrons. The number of hydrogen-bond donors (Lipinski definition) is 3. The van der Waals surface area contributed by atoms with E-state index >= 15 is 4.39 Å². The topological polar surface area (TPSA) is 110 Å². The number of anilines is 1. The highest BCUT2D eigenvalue weighted by Gasteiger charge is 2.29. The second kappa shape index (κ2) is 8.62. The van der Waals surface area contributed by atoms with E-state index in [0.717, 1.165) is 36.0 Å². The third kappa shape index (κ3) is 4.26. The minimum atomic E-state index is -4.76. The minimum Gasteiger partial charge on any atom is -0.360 e. The van der Waals surface area contributed by atoms with Gasteiger partial charge in [-0.2, -0.15) is 0 Å². The zero-order valence-electron chi connectivity index (χ0n) is 15.8. The molecule has 1 aliphatic heterocycles. The van der Waals surface area contributed by atoms with E-state index in [-0.39, 0.29) is 16.5 Å². The molecule has 2 aromatic carbocycles. The number of hydrogen-bond acceptors (Lipinski definition) is 7. The largest absolute Gasteiger partial charge is 0.360 e. The van der Waals surface area contributed by atoms with E-state index in [1.54, 1.807) is 6.07 Å². The van der Waals surface area contributed by atoms with Crippen molar-refractivity contribution in [3.05, 3.63) is 82.7 Å². The molecule has 1 aliphatic rings. The van der Waals surface area contributed by atoms with Gasteiger partial charge in [0.15, 0.2) is 10.7 Å². The predicted octanol–water partition coefficient (Wildman–Crippen LogP) is 3.75. The highest BCUT2D eigenvalue weighted by Crippen LogP contribution is 2.41. The molecule has 0 saturated heterocycles. The second-order valence-electron chi connectivity index (χ2n) is 6.42. The molecule has 166 valence electrons. The van der Waals surface area contributed by atoms with Crippen LogP contribution >= 0.6 is 23.4 Å². The quantitative estimate of drug-likeness (QED) is 0.458. The van der Waals surface area contributed by atoms with Crippen LogP contribution in [0, 0.1) is 17.5 Å². The van der Waals surface area contributed by atoms with E-state index in [2.05, 4.69) is 15.3 Å². The molecule has 0 amide bonds. The number of sulfonamides is 1. The van der Waals surface area contributed by atoms with Crippen molar-refractivity contribution in [3.63, 3.8) is 0 Å². The molecule has 3 aromatic rings. The van der Waals surface area contributed by atoms with Gasteiger partial charge in [0.2, 0.25) is 5.28 Å². The fourth-order valence-corrected chi connectivity index (χ4v) is 5.31. The maximum Gasteiger partial charge on any atom is 0.267 e. The Morgan fingerprint density at radius 2 is 1.78 bits per heavy atom. The smallest absolute Gasteiger partial charge is 0.267 e. The van der Waals surface area contributed by atoms with Gasteiger partial charge in [0.05, 0.1) is 22.0 Å². The lowest BCUT2D eigenvalue weighted by Gasteiger charge is -2.14. The van der Waals surface area contributed by atoms with Crippen LogP contribution in [0.15, 0.2) is 53.6 Å². The zero-order chi connectivity index (χ0) is 23.0. The first kappa shape index (κ1) is 22.4. The van der Waals surface area contributed by atoms with Gasteiger partial charge in [0.25, 0.3) is 10.0 Å². The van der Waals surface area contributed by atoms with Crippen LogP contribution in [0.5, 0.6) is 0 Å². The number of nitrogens with one attached hydrogen (secondary N) is 2. The molecule has 0 aliphatic carbocycles. The Morgan fingerprint density at radius 1 is 1.09 bits per heavy atom. The first-order valence-corrected chi connectivity index (χ1v) is 11.6. The molecule has 13 heteroatoms. The Kier molecular flexibility index (Phi) is 6.03. The van der Waals surface area contributed by atoms with E-state index in [9.17, 15) is 17.2 Å². The molecule has 32 heavy (non-hydrogen) atoms. The molecule has 0 spiro atoms. The molecule has 0 bridgehead atoms. The van der Waals surface area contributed by atoms with Gasteiger partial charge in [-0.05, 0) is 41.9 Å². The third-order valence-electron chi connectivity index (χ3n) is 4.32. The Morgan fingerprint density at radius 3 is 2.47 bits per heavy atom. The van der Waals surface area contributed by atoms with E-state index in [1.165, 1.54) is 18.3 Å². The molecule has 1 aromatic heterocycles. The van der Waals surface area contributed by atoms with Crippen LogP contribution in [0.25, 0.3) is 10.6 Å². The van der Waals surface area contributed by atoms with Crippen LogP contribution in [0.3, 0.4) is 0 Å². The van der Waals surface area contributed by atoms with Gasteiger partial charge < -0.3 is 11.1 Å². The van der Waals surface area contributed by atoms with Crippen molar-refractivity contribution in [2.75, 3.05) is 4.72 Å². The highest BCUT2D eigenvalue weighted by atomic mass is 35.5. The highest BCUT2D eigenvalue weighted by molar-refractivity contribution is 8.09. The van der Waals surface area contributed by atoms with Crippen molar-refractivity contribution >= 4 is 49.7 Å². The van der Waals surface area contributed by atoms with Gasteiger partial charge in [0.1, 0.15) is 17.1 Å². The summed E-state index contributed by atoms with van der Waals surface area (Å²) in [6.07, 6.45) is 1.42. The second-order valence-corrected chi connectivity index (χ2v) is 9.53. The van der Waals surface area contributed by atoms with Crippen molar-refractivity contribution in [1.82, 2.24) is 15.3 Å². The number of thioether (sulfide) groups is 1. The normalized spacial score (nSPS) is 16.2. The molecule has 4 N–H and O–H groups in total. The summed E-state index contributed by atoms with van der Waals surface area (Å²) in [5.74, 6) is -3.60. The van der Waals surface area contributed by atoms with E-state index < -0.39 is 43.6 Å². The van der Waals surface area contributed by atoms with Crippen LogP contribution in [-0.4, -0.2) is 23.9 Å². The number of nitrogens with zero attached hydrogens (tertiary/aromatic N) is 2. The Hall–Kier alpha value is -2.80. The molecular weight excluding hydrogens is 487 g/mol. The van der Waals surface area contributed by atoms with E-state index in [0.29, 0.717) is 10.6 Å². The lowest BCUT2D eigenvalue weighted by molar-refractivity contribution is 0.521. The third-order valence-corrected chi connectivity index (χ3v) is 6.94. The Bertz CT molecular complexity index is 1330. The molecular formula is C19H13ClF3N5O2S2. The van der Waals surface area contributed by atoms with Gasteiger partial charge in [-0.25, -0.2) is 31.6 Å². The summed E-state index contributed by atoms with van der Waals surface area (Å²) in [7, 11) is -4.76. The van der Waals surface area contributed by atoms with Gasteiger partial charge >= 0.3 is 0 Å². The van der Waals surface area contributed by atoms with E-state index in [4.69, 9.17) is 17.3 Å². The van der Waals surface area contributed by atoms with E-state index in [1.807, 2.05) is 4.72 Å². The van der Waals surface area contributed by atoms with Crippen molar-refractivity contribution in [1.29, 1.82) is 0 Å². The molecule has 0 saturated carbocycles. The minimum absolute atomic E-state index is 0.0238. The lowest BCUT2D eigenvalue weighted by atomic mass is 10.1. The molecule has 1 unspecified atom stereocenters. The average molecular weight is 500 g/mol. The van der Waals surface area contributed by atoms with Crippen LogP contribution in [0.2, 0.25) is 5.28 Å². The summed E-state index contributed by atoms with van der Waals surface area (Å²) in [6, 6.07) is 8.04. The monoisotopic (exact) mass is 499 g/mol. The van der Waals surface area contributed by atoms with Gasteiger partial charge in [-0.1, -0.05) is 23.9 Å². The first-order valence-electron chi connectivity index (χ1n) is 8.85. The molecule has 1 atom stereocenters. The first-order chi connectivity index (χ1) is 15.2. The predicted molar refractivity (Wildman–Crippen MR) is 116 cm³/mol. The summed E-state index contributed by atoms with van der Waals surface area (Å²) in [5.41, 5.74) is 5.38. The number of nitrogens with two attached hydrogens (primary N) is 1. The number of halogens is 4. The maximum atomic E-state index is 15.4. The van der Waals surface area contributed by atoms with Crippen molar-refractivity contribution in [3.8, 4) is 0 Å². The maximum absolute atomic E-state index is 15.4. The number of rotatable bonds is 5. The fourth-order valence-electron chi connectivity index (χ4n) is 3.01. The van der Waals surface area contributed by atoms with Crippen LogP contribution in [0.4, 0.5) is 18.9 Å². The molecule has 2 heterocycles.